The summed E-state index contributed by atoms with van der Waals surface area (Å²) >= 11 is 0. The van der Waals surface area contributed by atoms with Crippen LogP contribution in [0.2, 0.25) is 0 Å². The van der Waals surface area contributed by atoms with E-state index in [-0.39, 0.29) is 6.03 Å². The van der Waals surface area contributed by atoms with Crippen LogP contribution in [0, 0.1) is 6.92 Å². The number of nitrogens with zero attached hydrogens (tertiary/aromatic N) is 2. The standard InChI is InChI=1S/C19H20N4O/c1-15-6-5-7-16(10-15)11-20-19(24)21-12-17-13-22-23(14-17)18-8-3-2-4-9-18/h2-10,13-14H,11-12H2,1H3,(H2,20,21,24). The molecule has 1 aromatic heterocycles. The number of benzene rings is 2. The van der Waals surface area contributed by atoms with E-state index in [1.165, 1.54) is 5.56 Å². The van der Waals surface area contributed by atoms with Crippen molar-refractivity contribution in [2.75, 3.05) is 0 Å². The molecule has 1 heterocycles. The molecule has 0 unspecified atom stereocenters. The second kappa shape index (κ2) is 7.46. The first-order valence-corrected chi connectivity index (χ1v) is 7.87. The van der Waals surface area contributed by atoms with Crippen LogP contribution in [0.25, 0.3) is 5.69 Å². The van der Waals surface area contributed by atoms with Gasteiger partial charge in [0.2, 0.25) is 0 Å². The Morgan fingerprint density at radius 2 is 1.75 bits per heavy atom. The molecule has 0 radical (unpaired) electrons. The highest BCUT2D eigenvalue weighted by Crippen LogP contribution is 2.07. The molecule has 2 aromatic carbocycles. The summed E-state index contributed by atoms with van der Waals surface area (Å²) in [5, 5.41) is 10.0. The summed E-state index contributed by atoms with van der Waals surface area (Å²) in [6, 6.07) is 17.8. The molecule has 0 aliphatic carbocycles. The molecule has 0 aliphatic rings. The van der Waals surface area contributed by atoms with E-state index in [1.807, 2.05) is 61.7 Å². The molecule has 24 heavy (non-hydrogen) atoms. The van der Waals surface area contributed by atoms with Gasteiger partial charge in [-0.1, -0.05) is 48.0 Å². The van der Waals surface area contributed by atoms with Crippen LogP contribution in [0.4, 0.5) is 4.79 Å². The number of para-hydroxylation sites is 1. The fourth-order valence-electron chi connectivity index (χ4n) is 2.42. The van der Waals surface area contributed by atoms with Gasteiger partial charge < -0.3 is 10.6 Å². The summed E-state index contributed by atoms with van der Waals surface area (Å²) in [6.45, 7) is 2.98. The predicted molar refractivity (Wildman–Crippen MR) is 93.8 cm³/mol. The van der Waals surface area contributed by atoms with Gasteiger partial charge >= 0.3 is 6.03 Å². The lowest BCUT2D eigenvalue weighted by atomic mass is 10.1. The van der Waals surface area contributed by atoms with Crippen molar-refractivity contribution in [2.45, 2.75) is 20.0 Å². The van der Waals surface area contributed by atoms with Gasteiger partial charge in [-0.15, -0.1) is 0 Å². The first kappa shape index (κ1) is 15.8. The summed E-state index contributed by atoms with van der Waals surface area (Å²) < 4.78 is 1.79. The number of hydrogen-bond acceptors (Lipinski definition) is 2. The van der Waals surface area contributed by atoms with E-state index in [0.717, 1.165) is 16.8 Å². The Hall–Kier alpha value is -3.08. The van der Waals surface area contributed by atoms with Crippen molar-refractivity contribution >= 4 is 6.03 Å². The average Bonchev–Trinajstić information content (AvgIpc) is 3.08. The van der Waals surface area contributed by atoms with Crippen LogP contribution in [-0.2, 0) is 13.1 Å². The number of hydrogen-bond donors (Lipinski definition) is 2. The number of aryl methyl sites for hydroxylation is 1. The first-order valence-electron chi connectivity index (χ1n) is 7.87. The normalized spacial score (nSPS) is 10.4. The largest absolute Gasteiger partial charge is 0.334 e. The van der Waals surface area contributed by atoms with E-state index in [9.17, 15) is 4.79 Å². The molecule has 5 nitrogen and oxygen atoms in total. The average molecular weight is 320 g/mol. The number of carbonyl (C=O) groups excluding carboxylic acids is 1. The van der Waals surface area contributed by atoms with Crippen LogP contribution < -0.4 is 10.6 Å². The maximum absolute atomic E-state index is 11.9. The quantitative estimate of drug-likeness (QED) is 0.758. The minimum atomic E-state index is -0.191. The Morgan fingerprint density at radius 3 is 2.50 bits per heavy atom. The summed E-state index contributed by atoms with van der Waals surface area (Å²) in [6.07, 6.45) is 3.67. The van der Waals surface area contributed by atoms with Gasteiger partial charge in [-0.3, -0.25) is 0 Å². The number of nitrogens with one attached hydrogen (secondary N) is 2. The zero-order chi connectivity index (χ0) is 16.8. The zero-order valence-electron chi connectivity index (χ0n) is 13.6. The summed E-state index contributed by atoms with van der Waals surface area (Å²) in [5.41, 5.74) is 4.21. The first-order chi connectivity index (χ1) is 11.7. The van der Waals surface area contributed by atoms with Gasteiger partial charge in [0.15, 0.2) is 0 Å². The lowest BCUT2D eigenvalue weighted by Gasteiger charge is -2.07. The summed E-state index contributed by atoms with van der Waals surface area (Å²) in [5.74, 6) is 0. The van der Waals surface area contributed by atoms with Crippen LogP contribution in [0.1, 0.15) is 16.7 Å². The highest BCUT2D eigenvalue weighted by atomic mass is 16.2. The molecule has 0 saturated heterocycles. The van der Waals surface area contributed by atoms with Crippen LogP contribution in [-0.4, -0.2) is 15.8 Å². The summed E-state index contributed by atoms with van der Waals surface area (Å²) in [7, 11) is 0. The Labute approximate surface area is 141 Å². The van der Waals surface area contributed by atoms with E-state index in [4.69, 9.17) is 0 Å². The number of aromatic nitrogens is 2. The van der Waals surface area contributed by atoms with Gasteiger partial charge in [0.05, 0.1) is 11.9 Å². The van der Waals surface area contributed by atoms with Crippen molar-refractivity contribution in [2.24, 2.45) is 0 Å². The molecule has 0 atom stereocenters. The van der Waals surface area contributed by atoms with Crippen molar-refractivity contribution in [3.63, 3.8) is 0 Å². The third kappa shape index (κ3) is 4.23. The van der Waals surface area contributed by atoms with Gasteiger partial charge in [-0.2, -0.15) is 5.10 Å². The number of carbonyl (C=O) groups is 1. The summed E-state index contributed by atoms with van der Waals surface area (Å²) in [4.78, 5) is 11.9. The molecule has 0 bridgehead atoms. The van der Waals surface area contributed by atoms with Gasteiger partial charge in [-0.25, -0.2) is 9.48 Å². The molecule has 0 aliphatic heterocycles. The molecule has 3 aromatic rings. The van der Waals surface area contributed by atoms with E-state index in [1.54, 1.807) is 10.9 Å². The highest BCUT2D eigenvalue weighted by molar-refractivity contribution is 5.73. The molecule has 0 saturated carbocycles. The van der Waals surface area contributed by atoms with Crippen LogP contribution in [0.3, 0.4) is 0 Å². The van der Waals surface area contributed by atoms with Crippen LogP contribution >= 0.6 is 0 Å². The second-order valence-corrected chi connectivity index (χ2v) is 5.65. The molecular formula is C19H20N4O. The smallest absolute Gasteiger partial charge is 0.315 e. The minimum absolute atomic E-state index is 0.191. The SMILES string of the molecule is Cc1cccc(CNC(=O)NCc2cnn(-c3ccccc3)c2)c1. The molecule has 0 fully saturated rings. The number of amides is 2. The molecule has 122 valence electrons. The van der Waals surface area contributed by atoms with Crippen molar-refractivity contribution < 1.29 is 4.79 Å². The lowest BCUT2D eigenvalue weighted by Crippen LogP contribution is -2.34. The maximum atomic E-state index is 11.9. The lowest BCUT2D eigenvalue weighted by molar-refractivity contribution is 0.240. The molecule has 3 rings (SSSR count). The van der Waals surface area contributed by atoms with Gasteiger partial charge in [0.25, 0.3) is 0 Å². The van der Waals surface area contributed by atoms with E-state index < -0.39 is 0 Å². The fourth-order valence-corrected chi connectivity index (χ4v) is 2.42. The zero-order valence-corrected chi connectivity index (χ0v) is 13.6. The minimum Gasteiger partial charge on any atom is -0.334 e. The van der Waals surface area contributed by atoms with Crippen LogP contribution in [0.5, 0.6) is 0 Å². The Bertz CT molecular complexity index is 811. The number of urea groups is 1. The van der Waals surface area contributed by atoms with Crippen molar-refractivity contribution in [3.05, 3.63) is 83.7 Å². The topological polar surface area (TPSA) is 59.0 Å². The predicted octanol–water partition coefficient (Wildman–Crippen LogP) is 3.18. The Balaban J connectivity index is 1.49. The van der Waals surface area contributed by atoms with Gasteiger partial charge in [-0.05, 0) is 24.6 Å². The van der Waals surface area contributed by atoms with E-state index >= 15 is 0 Å². The van der Waals surface area contributed by atoms with E-state index in [0.29, 0.717) is 13.1 Å². The molecule has 2 amide bonds. The van der Waals surface area contributed by atoms with Gasteiger partial charge in [0.1, 0.15) is 0 Å². The van der Waals surface area contributed by atoms with Gasteiger partial charge in [0, 0.05) is 24.8 Å². The van der Waals surface area contributed by atoms with Crippen molar-refractivity contribution in [1.82, 2.24) is 20.4 Å². The maximum Gasteiger partial charge on any atom is 0.315 e. The monoisotopic (exact) mass is 320 g/mol. The Morgan fingerprint density at radius 1 is 1.00 bits per heavy atom. The fraction of sp³-hybridized carbons (Fsp3) is 0.158. The third-order valence-electron chi connectivity index (χ3n) is 3.65. The number of rotatable bonds is 5. The molecular weight excluding hydrogens is 300 g/mol. The van der Waals surface area contributed by atoms with E-state index in [2.05, 4.69) is 21.8 Å². The third-order valence-corrected chi connectivity index (χ3v) is 3.65. The second-order valence-electron chi connectivity index (χ2n) is 5.65. The van der Waals surface area contributed by atoms with Crippen molar-refractivity contribution in [1.29, 1.82) is 0 Å². The molecule has 2 N–H and O–H groups in total. The van der Waals surface area contributed by atoms with Crippen LogP contribution in [0.15, 0.2) is 67.0 Å². The van der Waals surface area contributed by atoms with Crippen molar-refractivity contribution in [3.8, 4) is 5.69 Å². The highest BCUT2D eigenvalue weighted by Gasteiger charge is 2.04. The Kier molecular flexibility index (Phi) is 4.91. The molecule has 5 heteroatoms. The molecule has 0 spiro atoms.